The van der Waals surface area contributed by atoms with Crippen molar-refractivity contribution >= 4 is 49.2 Å². The van der Waals surface area contributed by atoms with E-state index in [1.54, 1.807) is 12.1 Å². The van der Waals surface area contributed by atoms with Gasteiger partial charge in [-0.2, -0.15) is 5.10 Å². The molecule has 3 aromatic rings. The van der Waals surface area contributed by atoms with Crippen LogP contribution in [0.4, 0.5) is 5.69 Å². The predicted molar refractivity (Wildman–Crippen MR) is 136 cm³/mol. The SMILES string of the molecule is CCc1ccc(N(CC(C)C)S(=O)(=O)c2ccc3c(I)nn(C4CCCCO4)c3c2)cc1. The monoisotopic (exact) mass is 567 g/mol. The smallest absolute Gasteiger partial charge is 0.264 e. The molecule has 1 aromatic heterocycles. The van der Waals surface area contributed by atoms with Crippen LogP contribution in [0.25, 0.3) is 10.9 Å². The summed E-state index contributed by atoms with van der Waals surface area (Å²) in [7, 11) is -3.75. The first-order valence-electron chi connectivity index (χ1n) is 11.2. The number of hydrogen-bond donors (Lipinski definition) is 0. The molecular weight excluding hydrogens is 537 g/mol. The Balaban J connectivity index is 1.78. The molecule has 32 heavy (non-hydrogen) atoms. The van der Waals surface area contributed by atoms with Crippen LogP contribution in [0.15, 0.2) is 47.4 Å². The molecule has 1 saturated heterocycles. The molecule has 0 amide bonds. The molecule has 2 heterocycles. The van der Waals surface area contributed by atoms with E-state index in [4.69, 9.17) is 4.74 Å². The summed E-state index contributed by atoms with van der Waals surface area (Å²) in [6.07, 6.45) is 3.78. The Labute approximate surface area is 204 Å². The summed E-state index contributed by atoms with van der Waals surface area (Å²) in [6.45, 7) is 7.27. The molecule has 1 atom stereocenters. The Morgan fingerprint density at radius 1 is 1.19 bits per heavy atom. The Morgan fingerprint density at radius 3 is 2.56 bits per heavy atom. The molecule has 6 nitrogen and oxygen atoms in total. The number of benzene rings is 2. The van der Waals surface area contributed by atoms with E-state index in [0.29, 0.717) is 18.8 Å². The van der Waals surface area contributed by atoms with Gasteiger partial charge in [-0.1, -0.05) is 32.9 Å². The van der Waals surface area contributed by atoms with Gasteiger partial charge in [-0.15, -0.1) is 0 Å². The molecule has 2 aromatic carbocycles. The number of aryl methyl sites for hydroxylation is 1. The van der Waals surface area contributed by atoms with Gasteiger partial charge < -0.3 is 4.74 Å². The first-order valence-corrected chi connectivity index (χ1v) is 13.7. The number of halogens is 1. The molecule has 1 unspecified atom stereocenters. The highest BCUT2D eigenvalue weighted by Gasteiger charge is 2.28. The highest BCUT2D eigenvalue weighted by molar-refractivity contribution is 14.1. The maximum atomic E-state index is 13.8. The average molecular weight is 567 g/mol. The van der Waals surface area contributed by atoms with Crippen molar-refractivity contribution in [3.05, 3.63) is 51.7 Å². The van der Waals surface area contributed by atoms with Crippen LogP contribution < -0.4 is 4.31 Å². The van der Waals surface area contributed by atoms with Crippen molar-refractivity contribution in [3.63, 3.8) is 0 Å². The standard InChI is InChI=1S/C24H30IN3O3S/c1-4-18-8-10-19(11-9-18)27(16-17(2)3)32(29,30)20-12-13-21-22(15-20)28(26-24(21)25)23-7-5-6-14-31-23/h8-13,15,17,23H,4-7,14,16H2,1-3H3. The quantitative estimate of drug-likeness (QED) is 0.341. The van der Waals surface area contributed by atoms with Crippen molar-refractivity contribution in [2.24, 2.45) is 5.92 Å². The minimum atomic E-state index is -3.75. The van der Waals surface area contributed by atoms with Gasteiger partial charge in [0.1, 0.15) is 3.70 Å². The van der Waals surface area contributed by atoms with Gasteiger partial charge in [0.05, 0.1) is 16.1 Å². The van der Waals surface area contributed by atoms with Crippen LogP contribution >= 0.6 is 22.6 Å². The highest BCUT2D eigenvalue weighted by Crippen LogP contribution is 2.32. The van der Waals surface area contributed by atoms with E-state index in [1.165, 1.54) is 9.87 Å². The zero-order valence-electron chi connectivity index (χ0n) is 18.8. The molecule has 4 rings (SSSR count). The lowest BCUT2D eigenvalue weighted by Crippen LogP contribution is -2.34. The third kappa shape index (κ3) is 4.68. The second kappa shape index (κ2) is 9.69. The minimum absolute atomic E-state index is 0.152. The molecule has 0 saturated carbocycles. The largest absolute Gasteiger partial charge is 0.356 e. The molecule has 8 heteroatoms. The molecule has 0 radical (unpaired) electrons. The number of sulfonamides is 1. The van der Waals surface area contributed by atoms with E-state index < -0.39 is 10.0 Å². The highest BCUT2D eigenvalue weighted by atomic mass is 127. The van der Waals surface area contributed by atoms with Crippen LogP contribution in [-0.2, 0) is 21.2 Å². The van der Waals surface area contributed by atoms with E-state index in [9.17, 15) is 8.42 Å². The number of aromatic nitrogens is 2. The molecular formula is C24H30IN3O3S. The van der Waals surface area contributed by atoms with Gasteiger partial charge in [0, 0.05) is 18.5 Å². The summed E-state index contributed by atoms with van der Waals surface area (Å²) in [5.74, 6) is 0.182. The van der Waals surface area contributed by atoms with Crippen molar-refractivity contribution in [3.8, 4) is 0 Å². The molecule has 1 aliphatic heterocycles. The van der Waals surface area contributed by atoms with Crippen molar-refractivity contribution in [2.75, 3.05) is 17.5 Å². The molecule has 0 bridgehead atoms. The summed E-state index contributed by atoms with van der Waals surface area (Å²) in [5.41, 5.74) is 2.67. The van der Waals surface area contributed by atoms with Gasteiger partial charge in [-0.3, -0.25) is 4.31 Å². The lowest BCUT2D eigenvalue weighted by Gasteiger charge is -2.27. The summed E-state index contributed by atoms with van der Waals surface area (Å²) in [6, 6.07) is 13.1. The number of rotatable bonds is 7. The van der Waals surface area contributed by atoms with Crippen LogP contribution in [-0.4, -0.2) is 31.3 Å². The van der Waals surface area contributed by atoms with E-state index in [-0.39, 0.29) is 17.0 Å². The predicted octanol–water partition coefficient (Wildman–Crippen LogP) is 5.75. The third-order valence-corrected chi connectivity index (χ3v) is 8.40. The molecule has 172 valence electrons. The Hall–Kier alpha value is -1.65. The minimum Gasteiger partial charge on any atom is -0.356 e. The molecule has 0 aliphatic carbocycles. The summed E-state index contributed by atoms with van der Waals surface area (Å²) in [5, 5.41) is 5.62. The number of hydrogen-bond acceptors (Lipinski definition) is 4. The van der Waals surface area contributed by atoms with Crippen LogP contribution in [0, 0.1) is 9.62 Å². The van der Waals surface area contributed by atoms with Crippen molar-refractivity contribution in [1.82, 2.24) is 9.78 Å². The van der Waals surface area contributed by atoms with Gasteiger partial charge in [0.2, 0.25) is 0 Å². The fourth-order valence-electron chi connectivity index (χ4n) is 4.07. The topological polar surface area (TPSA) is 64.4 Å². The van der Waals surface area contributed by atoms with Gasteiger partial charge in [-0.05, 0) is 90.1 Å². The number of fused-ring (bicyclic) bond motifs is 1. The van der Waals surface area contributed by atoms with Gasteiger partial charge in [-0.25, -0.2) is 13.1 Å². The normalized spacial score (nSPS) is 17.2. The van der Waals surface area contributed by atoms with Crippen LogP contribution in [0.3, 0.4) is 0 Å². The lowest BCUT2D eigenvalue weighted by molar-refractivity contribution is -0.0368. The van der Waals surface area contributed by atoms with E-state index in [2.05, 4.69) is 34.6 Å². The molecule has 0 spiro atoms. The van der Waals surface area contributed by atoms with Crippen molar-refractivity contribution < 1.29 is 13.2 Å². The second-order valence-corrected chi connectivity index (χ2v) is 11.6. The molecule has 1 aliphatic rings. The maximum Gasteiger partial charge on any atom is 0.264 e. The van der Waals surface area contributed by atoms with Crippen LogP contribution in [0.5, 0.6) is 0 Å². The first kappa shape index (κ1) is 23.5. The zero-order valence-corrected chi connectivity index (χ0v) is 21.8. The van der Waals surface area contributed by atoms with E-state index >= 15 is 0 Å². The fraction of sp³-hybridized carbons (Fsp3) is 0.458. The van der Waals surface area contributed by atoms with Gasteiger partial charge in [0.15, 0.2) is 6.23 Å². The maximum absolute atomic E-state index is 13.8. The lowest BCUT2D eigenvalue weighted by atomic mass is 10.1. The Morgan fingerprint density at radius 2 is 1.94 bits per heavy atom. The summed E-state index contributed by atoms with van der Waals surface area (Å²) < 4.78 is 37.8. The number of ether oxygens (including phenoxy) is 1. The first-order chi connectivity index (χ1) is 15.3. The van der Waals surface area contributed by atoms with Crippen LogP contribution in [0.2, 0.25) is 0 Å². The van der Waals surface area contributed by atoms with Crippen molar-refractivity contribution in [1.29, 1.82) is 0 Å². The Kier molecular flexibility index (Phi) is 7.11. The average Bonchev–Trinajstić information content (AvgIpc) is 3.14. The number of anilines is 1. The fourth-order valence-corrected chi connectivity index (χ4v) is 6.41. The molecule has 1 fully saturated rings. The summed E-state index contributed by atoms with van der Waals surface area (Å²) in [4.78, 5) is 0.276. The van der Waals surface area contributed by atoms with Gasteiger partial charge in [0.25, 0.3) is 10.0 Å². The molecule has 0 N–H and O–H groups in total. The summed E-state index contributed by atoms with van der Waals surface area (Å²) >= 11 is 2.21. The Bertz CT molecular complexity index is 1180. The second-order valence-electron chi connectivity index (χ2n) is 8.69. The van der Waals surface area contributed by atoms with E-state index in [0.717, 1.165) is 40.3 Å². The third-order valence-electron chi connectivity index (χ3n) is 5.81. The van der Waals surface area contributed by atoms with Crippen LogP contribution in [0.1, 0.15) is 51.8 Å². The number of nitrogens with zero attached hydrogens (tertiary/aromatic N) is 3. The van der Waals surface area contributed by atoms with E-state index in [1.807, 2.05) is 48.9 Å². The van der Waals surface area contributed by atoms with Crippen molar-refractivity contribution in [2.45, 2.75) is 57.6 Å². The zero-order chi connectivity index (χ0) is 22.9. The van der Waals surface area contributed by atoms with Gasteiger partial charge >= 0.3 is 0 Å².